The third kappa shape index (κ3) is 3.59. The molecule has 0 aromatic rings. The number of carbonyl (C=O) groups excluding carboxylic acids is 1. The van der Waals surface area contributed by atoms with E-state index in [1.165, 1.54) is 0 Å². The van der Waals surface area contributed by atoms with Crippen molar-refractivity contribution in [3.05, 3.63) is 0 Å². The molecule has 1 fully saturated rings. The van der Waals surface area contributed by atoms with Gasteiger partial charge in [-0.25, -0.2) is 4.79 Å². The largest absolute Gasteiger partial charge is 0.481 e. The Morgan fingerprint density at radius 1 is 1.47 bits per heavy atom. The van der Waals surface area contributed by atoms with Crippen LogP contribution in [0.3, 0.4) is 0 Å². The number of carboxylic acid groups (broad SMARTS) is 1. The molecule has 6 nitrogen and oxygen atoms in total. The first-order chi connectivity index (χ1) is 8.92. The number of nitrogens with zero attached hydrogens (tertiary/aromatic N) is 2. The lowest BCUT2D eigenvalue weighted by Crippen LogP contribution is -2.49. The van der Waals surface area contributed by atoms with E-state index in [9.17, 15) is 14.7 Å². The van der Waals surface area contributed by atoms with Gasteiger partial charge in [-0.2, -0.15) is 0 Å². The molecule has 1 rings (SSSR count). The number of carboxylic acids is 1. The highest BCUT2D eigenvalue weighted by Gasteiger charge is 2.36. The lowest BCUT2D eigenvalue weighted by atomic mass is 10.0. The number of hydrogen-bond acceptors (Lipinski definition) is 3. The van der Waals surface area contributed by atoms with Crippen molar-refractivity contribution in [2.24, 2.45) is 11.8 Å². The van der Waals surface area contributed by atoms with Crippen LogP contribution >= 0.6 is 0 Å². The van der Waals surface area contributed by atoms with Crippen molar-refractivity contribution in [3.8, 4) is 0 Å². The van der Waals surface area contributed by atoms with Crippen molar-refractivity contribution in [2.75, 3.05) is 26.2 Å². The van der Waals surface area contributed by atoms with Crippen LogP contribution in [-0.4, -0.2) is 64.3 Å². The van der Waals surface area contributed by atoms with Crippen molar-refractivity contribution in [3.63, 3.8) is 0 Å². The van der Waals surface area contributed by atoms with Crippen molar-refractivity contribution in [1.29, 1.82) is 0 Å². The van der Waals surface area contributed by atoms with E-state index in [-0.39, 0.29) is 31.1 Å². The van der Waals surface area contributed by atoms with E-state index in [1.54, 1.807) is 16.7 Å². The molecule has 19 heavy (non-hydrogen) atoms. The first kappa shape index (κ1) is 15.8. The van der Waals surface area contributed by atoms with Crippen molar-refractivity contribution in [1.82, 2.24) is 9.80 Å². The van der Waals surface area contributed by atoms with Gasteiger partial charge in [0.1, 0.15) is 0 Å². The van der Waals surface area contributed by atoms with Crippen molar-refractivity contribution in [2.45, 2.75) is 33.2 Å². The first-order valence-electron chi connectivity index (χ1n) is 6.81. The van der Waals surface area contributed by atoms with E-state index in [4.69, 9.17) is 5.11 Å². The van der Waals surface area contributed by atoms with E-state index in [1.807, 2.05) is 13.8 Å². The minimum absolute atomic E-state index is 0.0427. The topological polar surface area (TPSA) is 81.1 Å². The zero-order valence-corrected chi connectivity index (χ0v) is 11.9. The van der Waals surface area contributed by atoms with E-state index in [0.29, 0.717) is 13.1 Å². The van der Waals surface area contributed by atoms with E-state index in [0.717, 1.165) is 6.42 Å². The second kappa shape index (κ2) is 6.75. The molecular formula is C13H24N2O4. The Balaban J connectivity index is 2.70. The molecule has 6 heteroatoms. The van der Waals surface area contributed by atoms with Crippen LogP contribution in [0.5, 0.6) is 0 Å². The Bertz CT molecular complexity index is 335. The maximum absolute atomic E-state index is 12.4. The van der Waals surface area contributed by atoms with E-state index < -0.39 is 11.9 Å². The summed E-state index contributed by atoms with van der Waals surface area (Å²) in [5, 5.41) is 18.3. The molecule has 1 aliphatic heterocycles. The summed E-state index contributed by atoms with van der Waals surface area (Å²) < 4.78 is 0. The van der Waals surface area contributed by atoms with Crippen LogP contribution in [0.4, 0.5) is 4.79 Å². The third-order valence-electron chi connectivity index (χ3n) is 3.88. The number of carbonyl (C=O) groups is 2. The van der Waals surface area contributed by atoms with Gasteiger partial charge in [-0.1, -0.05) is 13.8 Å². The normalized spacial score (nSPS) is 24.3. The molecule has 0 aromatic heterocycles. The van der Waals surface area contributed by atoms with Gasteiger partial charge >= 0.3 is 12.0 Å². The molecule has 1 aliphatic rings. The number of hydrogen-bond donors (Lipinski definition) is 2. The van der Waals surface area contributed by atoms with Gasteiger partial charge in [0.2, 0.25) is 0 Å². The zero-order valence-electron chi connectivity index (χ0n) is 11.9. The monoisotopic (exact) mass is 272 g/mol. The highest BCUT2D eigenvalue weighted by molar-refractivity contribution is 5.76. The number of aliphatic carboxylic acids is 1. The number of urea groups is 1. The molecule has 2 N–H and O–H groups in total. The smallest absolute Gasteiger partial charge is 0.320 e. The SMILES string of the molecule is CCN(CC(C)C(=O)O)C(=O)N1CCC(C)C1CO. The fourth-order valence-electron chi connectivity index (χ4n) is 2.46. The Morgan fingerprint density at radius 2 is 2.11 bits per heavy atom. The van der Waals surface area contributed by atoms with Crippen molar-refractivity contribution < 1.29 is 19.8 Å². The Kier molecular flexibility index (Phi) is 5.60. The van der Waals surface area contributed by atoms with E-state index >= 15 is 0 Å². The molecule has 0 spiro atoms. The van der Waals surface area contributed by atoms with Crippen LogP contribution in [-0.2, 0) is 4.79 Å². The lowest BCUT2D eigenvalue weighted by molar-refractivity contribution is -0.141. The molecule has 0 aromatic carbocycles. The lowest BCUT2D eigenvalue weighted by Gasteiger charge is -2.32. The minimum Gasteiger partial charge on any atom is -0.481 e. The van der Waals surface area contributed by atoms with Crippen LogP contribution in [0.1, 0.15) is 27.2 Å². The van der Waals surface area contributed by atoms with Crippen molar-refractivity contribution >= 4 is 12.0 Å². The summed E-state index contributed by atoms with van der Waals surface area (Å²) in [5.41, 5.74) is 0. The first-order valence-corrected chi connectivity index (χ1v) is 6.81. The maximum Gasteiger partial charge on any atom is 0.320 e. The van der Waals surface area contributed by atoms with Gasteiger partial charge in [-0.15, -0.1) is 0 Å². The molecular weight excluding hydrogens is 248 g/mol. The molecule has 2 amide bonds. The number of likely N-dealkylation sites (tertiary alicyclic amines) is 1. The summed E-state index contributed by atoms with van der Waals surface area (Å²) in [5.74, 6) is -1.21. The van der Waals surface area contributed by atoms with Crippen LogP contribution in [0, 0.1) is 11.8 Å². The summed E-state index contributed by atoms with van der Waals surface area (Å²) in [6.07, 6.45) is 0.878. The number of rotatable bonds is 5. The number of aliphatic hydroxyl groups excluding tert-OH is 1. The standard InChI is InChI=1S/C13H24N2O4/c1-4-14(7-10(3)12(17)18)13(19)15-6-5-9(2)11(15)8-16/h9-11,16H,4-8H2,1-3H3,(H,17,18). The highest BCUT2D eigenvalue weighted by Crippen LogP contribution is 2.24. The molecule has 1 saturated heterocycles. The van der Waals surface area contributed by atoms with Crippen LogP contribution in [0.25, 0.3) is 0 Å². The molecule has 1 heterocycles. The molecule has 110 valence electrons. The highest BCUT2D eigenvalue weighted by atomic mass is 16.4. The third-order valence-corrected chi connectivity index (χ3v) is 3.88. The summed E-state index contributed by atoms with van der Waals surface area (Å²) >= 11 is 0. The second-order valence-corrected chi connectivity index (χ2v) is 5.27. The average Bonchev–Trinajstić information content (AvgIpc) is 2.75. The number of amides is 2. The Hall–Kier alpha value is -1.30. The van der Waals surface area contributed by atoms with Crippen LogP contribution in [0.2, 0.25) is 0 Å². The van der Waals surface area contributed by atoms with Gasteiger partial charge in [-0.3, -0.25) is 4.79 Å². The predicted octanol–water partition coefficient (Wildman–Crippen LogP) is 0.852. The van der Waals surface area contributed by atoms with E-state index in [2.05, 4.69) is 0 Å². The summed E-state index contributed by atoms with van der Waals surface area (Å²) in [6, 6.07) is -0.319. The zero-order chi connectivity index (χ0) is 14.6. The quantitative estimate of drug-likeness (QED) is 0.777. The fraction of sp³-hybridized carbons (Fsp3) is 0.846. The van der Waals surface area contributed by atoms with Gasteiger partial charge in [0.25, 0.3) is 0 Å². The van der Waals surface area contributed by atoms with Gasteiger partial charge in [-0.05, 0) is 19.3 Å². The Labute approximate surface area is 114 Å². The van der Waals surface area contributed by atoms with Crippen LogP contribution < -0.4 is 0 Å². The predicted molar refractivity (Wildman–Crippen MR) is 70.8 cm³/mol. The van der Waals surface area contributed by atoms with Gasteiger partial charge in [0.05, 0.1) is 18.6 Å². The Morgan fingerprint density at radius 3 is 2.58 bits per heavy atom. The second-order valence-electron chi connectivity index (χ2n) is 5.27. The molecule has 0 saturated carbocycles. The summed E-state index contributed by atoms with van der Waals surface area (Å²) in [6.45, 7) is 6.70. The molecule has 0 radical (unpaired) electrons. The fourth-order valence-corrected chi connectivity index (χ4v) is 2.46. The molecule has 3 atom stereocenters. The molecule has 0 bridgehead atoms. The summed E-state index contributed by atoms with van der Waals surface area (Å²) in [4.78, 5) is 26.5. The van der Waals surface area contributed by atoms with Gasteiger partial charge in [0, 0.05) is 19.6 Å². The van der Waals surface area contributed by atoms with Crippen LogP contribution in [0.15, 0.2) is 0 Å². The maximum atomic E-state index is 12.4. The average molecular weight is 272 g/mol. The molecule has 0 aliphatic carbocycles. The minimum atomic E-state index is -0.903. The molecule has 3 unspecified atom stereocenters. The summed E-state index contributed by atoms with van der Waals surface area (Å²) in [7, 11) is 0. The van der Waals surface area contributed by atoms with Gasteiger partial charge < -0.3 is 20.0 Å². The number of aliphatic hydroxyl groups is 1. The van der Waals surface area contributed by atoms with Gasteiger partial charge in [0.15, 0.2) is 0 Å².